The van der Waals surface area contributed by atoms with E-state index in [1.165, 1.54) is 11.3 Å². The Bertz CT molecular complexity index is 1290. The van der Waals surface area contributed by atoms with Gasteiger partial charge in [-0.2, -0.15) is 8.42 Å². The number of allylic oxidation sites excluding steroid dienone is 1. The molecule has 4 aromatic rings. The lowest BCUT2D eigenvalue weighted by atomic mass is 10.1. The summed E-state index contributed by atoms with van der Waals surface area (Å²) in [6.07, 6.45) is 1.73. The maximum atomic E-state index is 12.6. The van der Waals surface area contributed by atoms with E-state index >= 15 is 0 Å². The SMILES string of the molecule is C=CCn1c(-c2c(C)oc3ccccc23)cs/c1=N/S(=O)(=O)c1cccs1. The van der Waals surface area contributed by atoms with Crippen LogP contribution in [0.1, 0.15) is 5.76 Å². The zero-order valence-electron chi connectivity index (χ0n) is 14.5. The summed E-state index contributed by atoms with van der Waals surface area (Å²) in [7, 11) is -3.74. The summed E-state index contributed by atoms with van der Waals surface area (Å²) in [5, 5.41) is 4.62. The number of para-hydroxylation sites is 1. The Balaban J connectivity index is 1.96. The summed E-state index contributed by atoms with van der Waals surface area (Å²) in [6.45, 7) is 6.15. The molecule has 27 heavy (non-hydrogen) atoms. The maximum absolute atomic E-state index is 12.6. The molecule has 0 fully saturated rings. The number of furan rings is 1. The van der Waals surface area contributed by atoms with E-state index in [0.717, 1.165) is 39.3 Å². The zero-order valence-corrected chi connectivity index (χ0v) is 16.9. The van der Waals surface area contributed by atoms with E-state index in [4.69, 9.17) is 4.42 Å². The van der Waals surface area contributed by atoms with Crippen molar-refractivity contribution in [3.05, 3.63) is 70.4 Å². The number of nitrogens with zero attached hydrogens (tertiary/aromatic N) is 2. The van der Waals surface area contributed by atoms with Gasteiger partial charge in [-0.25, -0.2) is 0 Å². The molecule has 3 aromatic heterocycles. The summed E-state index contributed by atoms with van der Waals surface area (Å²) >= 11 is 2.44. The van der Waals surface area contributed by atoms with E-state index in [0.29, 0.717) is 11.3 Å². The summed E-state index contributed by atoms with van der Waals surface area (Å²) in [6, 6.07) is 11.1. The van der Waals surface area contributed by atoms with E-state index in [1.807, 2.05) is 41.1 Å². The van der Waals surface area contributed by atoms with E-state index in [1.54, 1.807) is 23.6 Å². The van der Waals surface area contributed by atoms with Crippen molar-refractivity contribution < 1.29 is 12.8 Å². The molecule has 0 aliphatic carbocycles. The smallest absolute Gasteiger partial charge is 0.294 e. The molecule has 4 rings (SSSR count). The van der Waals surface area contributed by atoms with Crippen LogP contribution in [0.2, 0.25) is 0 Å². The van der Waals surface area contributed by atoms with Crippen LogP contribution in [0.5, 0.6) is 0 Å². The molecule has 0 radical (unpaired) electrons. The molecule has 0 unspecified atom stereocenters. The number of fused-ring (bicyclic) bond motifs is 1. The molecule has 0 saturated heterocycles. The number of aryl methyl sites for hydroxylation is 1. The number of thiazole rings is 1. The Morgan fingerprint density at radius 3 is 2.78 bits per heavy atom. The van der Waals surface area contributed by atoms with Gasteiger partial charge in [0.15, 0.2) is 0 Å². The Morgan fingerprint density at radius 2 is 2.04 bits per heavy atom. The molecule has 138 valence electrons. The number of hydrogen-bond donors (Lipinski definition) is 0. The Hall–Kier alpha value is -2.42. The standard InChI is InChI=1S/C19H16N2O3S3/c1-3-10-21-15(18-13(2)24-16-8-5-4-7-14(16)18)12-26-19(21)20-27(22,23)17-9-6-11-25-17/h3-9,11-12H,1,10H2,2H3/b20-19+. The first-order valence-corrected chi connectivity index (χ1v) is 11.3. The largest absolute Gasteiger partial charge is 0.461 e. The van der Waals surface area contributed by atoms with Crippen molar-refractivity contribution in [3.63, 3.8) is 0 Å². The average molecular weight is 417 g/mol. The van der Waals surface area contributed by atoms with Crippen LogP contribution < -0.4 is 4.80 Å². The predicted molar refractivity (Wildman–Crippen MR) is 110 cm³/mol. The molecule has 0 amide bonds. The van der Waals surface area contributed by atoms with Crippen LogP contribution in [0.25, 0.3) is 22.2 Å². The highest BCUT2D eigenvalue weighted by atomic mass is 32.2. The first-order valence-electron chi connectivity index (χ1n) is 8.13. The molecule has 1 aromatic carbocycles. The van der Waals surface area contributed by atoms with Gasteiger partial charge in [0.05, 0.1) is 5.69 Å². The second-order valence-electron chi connectivity index (χ2n) is 5.83. The van der Waals surface area contributed by atoms with E-state index in [-0.39, 0.29) is 4.21 Å². The van der Waals surface area contributed by atoms with Gasteiger partial charge < -0.3 is 8.98 Å². The lowest BCUT2D eigenvalue weighted by molar-refractivity contribution is 0.579. The van der Waals surface area contributed by atoms with Crippen molar-refractivity contribution in [1.29, 1.82) is 0 Å². The second kappa shape index (κ2) is 6.95. The minimum atomic E-state index is -3.74. The molecule has 0 N–H and O–H groups in total. The van der Waals surface area contributed by atoms with E-state index in [2.05, 4.69) is 11.0 Å². The fourth-order valence-electron chi connectivity index (χ4n) is 2.95. The molecule has 3 heterocycles. The lowest BCUT2D eigenvalue weighted by Gasteiger charge is -2.06. The molecule has 0 atom stereocenters. The van der Waals surface area contributed by atoms with Gasteiger partial charge in [0.25, 0.3) is 10.0 Å². The van der Waals surface area contributed by atoms with Crippen LogP contribution in [0.3, 0.4) is 0 Å². The molecular formula is C19H16N2O3S3. The quantitative estimate of drug-likeness (QED) is 0.439. The fourth-order valence-corrected chi connectivity index (χ4v) is 6.04. The maximum Gasteiger partial charge on any atom is 0.294 e. The Labute approximate surface area is 164 Å². The second-order valence-corrected chi connectivity index (χ2v) is 9.45. The number of benzene rings is 1. The third-order valence-electron chi connectivity index (χ3n) is 4.08. The molecule has 0 bridgehead atoms. The Kier molecular flexibility index (Phi) is 4.63. The predicted octanol–water partition coefficient (Wildman–Crippen LogP) is 4.81. The molecular weight excluding hydrogens is 400 g/mol. The van der Waals surface area contributed by atoms with Gasteiger partial charge >= 0.3 is 0 Å². The lowest BCUT2D eigenvalue weighted by Crippen LogP contribution is -2.17. The number of rotatable bonds is 5. The molecule has 8 heteroatoms. The molecule has 0 saturated carbocycles. The van der Waals surface area contributed by atoms with Gasteiger partial charge in [0, 0.05) is 22.9 Å². The zero-order chi connectivity index (χ0) is 19.0. The van der Waals surface area contributed by atoms with Gasteiger partial charge in [-0.3, -0.25) is 0 Å². The number of hydrogen-bond acceptors (Lipinski definition) is 5. The van der Waals surface area contributed by atoms with Gasteiger partial charge in [-0.15, -0.1) is 33.7 Å². The molecule has 0 aliphatic rings. The molecule has 0 aliphatic heterocycles. The monoisotopic (exact) mass is 416 g/mol. The van der Waals surface area contributed by atoms with Crippen molar-refractivity contribution in [1.82, 2.24) is 4.57 Å². The van der Waals surface area contributed by atoms with Crippen LogP contribution in [-0.2, 0) is 16.6 Å². The minimum absolute atomic E-state index is 0.229. The molecule has 0 spiro atoms. The average Bonchev–Trinajstić information content (AvgIpc) is 3.35. The van der Waals surface area contributed by atoms with Crippen molar-refractivity contribution >= 4 is 43.7 Å². The highest BCUT2D eigenvalue weighted by molar-refractivity contribution is 7.92. The topological polar surface area (TPSA) is 64.6 Å². The Morgan fingerprint density at radius 1 is 1.22 bits per heavy atom. The summed E-state index contributed by atoms with van der Waals surface area (Å²) in [5.41, 5.74) is 2.60. The highest BCUT2D eigenvalue weighted by Gasteiger charge is 2.19. The summed E-state index contributed by atoms with van der Waals surface area (Å²) in [5.74, 6) is 0.777. The van der Waals surface area contributed by atoms with Gasteiger partial charge in [0.1, 0.15) is 15.6 Å². The number of sulfonamides is 1. The third kappa shape index (κ3) is 3.20. The van der Waals surface area contributed by atoms with E-state index in [9.17, 15) is 8.42 Å². The molecule has 5 nitrogen and oxygen atoms in total. The van der Waals surface area contributed by atoms with Crippen molar-refractivity contribution in [2.75, 3.05) is 0 Å². The van der Waals surface area contributed by atoms with Gasteiger partial charge in [-0.1, -0.05) is 30.3 Å². The minimum Gasteiger partial charge on any atom is -0.461 e. The highest BCUT2D eigenvalue weighted by Crippen LogP contribution is 2.34. The van der Waals surface area contributed by atoms with Crippen molar-refractivity contribution in [3.8, 4) is 11.3 Å². The summed E-state index contributed by atoms with van der Waals surface area (Å²) in [4.78, 5) is 0.406. The van der Waals surface area contributed by atoms with Gasteiger partial charge in [0.2, 0.25) is 4.80 Å². The normalized spacial score (nSPS) is 12.7. The van der Waals surface area contributed by atoms with Crippen LogP contribution in [0, 0.1) is 6.92 Å². The number of aromatic nitrogens is 1. The van der Waals surface area contributed by atoms with Crippen molar-refractivity contribution in [2.24, 2.45) is 4.40 Å². The van der Waals surface area contributed by atoms with E-state index < -0.39 is 10.0 Å². The first-order chi connectivity index (χ1) is 13.0. The van der Waals surface area contributed by atoms with Crippen LogP contribution in [-0.4, -0.2) is 13.0 Å². The van der Waals surface area contributed by atoms with Gasteiger partial charge in [-0.05, 0) is 24.4 Å². The first kappa shape index (κ1) is 18.0. The van der Waals surface area contributed by atoms with Crippen LogP contribution >= 0.6 is 22.7 Å². The fraction of sp³-hybridized carbons (Fsp3) is 0.105. The summed E-state index contributed by atoms with van der Waals surface area (Å²) < 4.78 is 37.2. The third-order valence-corrected chi connectivity index (χ3v) is 7.70. The van der Waals surface area contributed by atoms with Crippen LogP contribution in [0.15, 0.2) is 72.8 Å². The van der Waals surface area contributed by atoms with Crippen LogP contribution in [0.4, 0.5) is 0 Å². The van der Waals surface area contributed by atoms with Crippen molar-refractivity contribution in [2.45, 2.75) is 17.7 Å². The number of thiophene rings is 1.